The normalized spacial score (nSPS) is 13.7. The van der Waals surface area contributed by atoms with Crippen molar-refractivity contribution in [2.75, 3.05) is 48.8 Å². The number of nitrogens with one attached hydrogen (secondary N) is 2. The van der Waals surface area contributed by atoms with Gasteiger partial charge in [0.2, 0.25) is 5.91 Å². The SMILES string of the molecule is CNc1ccc(CC(=O)Nc2ccc(-c3ccc4ncc(N5CCN(Cc6cccnc6)CC5)nc4c3)cc2)cc1. The molecule has 1 aliphatic heterocycles. The number of aromatic nitrogens is 3. The second-order valence-corrected chi connectivity index (χ2v) is 10.3. The molecule has 0 unspecified atom stereocenters. The summed E-state index contributed by atoms with van der Waals surface area (Å²) < 4.78 is 0. The van der Waals surface area contributed by atoms with Crippen molar-refractivity contribution >= 4 is 34.1 Å². The van der Waals surface area contributed by atoms with Gasteiger partial charge in [0.05, 0.1) is 23.7 Å². The quantitative estimate of drug-likeness (QED) is 0.277. The van der Waals surface area contributed by atoms with Crippen molar-refractivity contribution in [3.05, 3.63) is 109 Å². The van der Waals surface area contributed by atoms with E-state index in [1.54, 1.807) is 0 Å². The maximum absolute atomic E-state index is 12.5. The van der Waals surface area contributed by atoms with E-state index in [2.05, 4.69) is 43.6 Å². The summed E-state index contributed by atoms with van der Waals surface area (Å²) in [7, 11) is 1.88. The number of carbonyl (C=O) groups excluding carboxylic acids is 1. The van der Waals surface area contributed by atoms with Gasteiger partial charge in [0.15, 0.2) is 0 Å². The number of amides is 1. The topological polar surface area (TPSA) is 86.3 Å². The first kappa shape index (κ1) is 26.4. The van der Waals surface area contributed by atoms with E-state index in [4.69, 9.17) is 9.97 Å². The van der Waals surface area contributed by atoms with Gasteiger partial charge in [-0.05, 0) is 64.7 Å². The van der Waals surface area contributed by atoms with Crippen LogP contribution in [0.2, 0.25) is 0 Å². The molecule has 41 heavy (non-hydrogen) atoms. The number of hydrogen-bond acceptors (Lipinski definition) is 7. The number of fused-ring (bicyclic) bond motifs is 1. The number of pyridine rings is 1. The van der Waals surface area contributed by atoms with E-state index in [0.29, 0.717) is 6.42 Å². The molecule has 0 saturated carbocycles. The van der Waals surface area contributed by atoms with Crippen molar-refractivity contribution in [3.8, 4) is 11.1 Å². The van der Waals surface area contributed by atoms with Gasteiger partial charge < -0.3 is 15.5 Å². The van der Waals surface area contributed by atoms with Crippen molar-refractivity contribution in [3.63, 3.8) is 0 Å². The van der Waals surface area contributed by atoms with Crippen LogP contribution in [-0.4, -0.2) is 59.0 Å². The van der Waals surface area contributed by atoms with Crippen molar-refractivity contribution in [2.45, 2.75) is 13.0 Å². The van der Waals surface area contributed by atoms with Crippen LogP contribution < -0.4 is 15.5 Å². The summed E-state index contributed by atoms with van der Waals surface area (Å²) in [5.41, 5.74) is 7.88. The van der Waals surface area contributed by atoms with Gasteiger partial charge in [0.1, 0.15) is 5.82 Å². The fourth-order valence-corrected chi connectivity index (χ4v) is 5.14. The van der Waals surface area contributed by atoms with Gasteiger partial charge in [-0.3, -0.25) is 19.7 Å². The summed E-state index contributed by atoms with van der Waals surface area (Å²) in [6.07, 6.45) is 5.96. The van der Waals surface area contributed by atoms with Crippen molar-refractivity contribution < 1.29 is 4.79 Å². The minimum atomic E-state index is -0.0404. The number of rotatable bonds is 8. The Bertz CT molecular complexity index is 1610. The fraction of sp³-hybridized carbons (Fsp3) is 0.212. The lowest BCUT2D eigenvalue weighted by atomic mass is 10.0. The van der Waals surface area contributed by atoms with Gasteiger partial charge >= 0.3 is 0 Å². The molecule has 1 fully saturated rings. The van der Waals surface area contributed by atoms with E-state index < -0.39 is 0 Å². The number of nitrogens with zero attached hydrogens (tertiary/aromatic N) is 5. The van der Waals surface area contributed by atoms with Crippen LogP contribution >= 0.6 is 0 Å². The highest BCUT2D eigenvalue weighted by Gasteiger charge is 2.19. The predicted octanol–water partition coefficient (Wildman–Crippen LogP) is 5.24. The van der Waals surface area contributed by atoms with Gasteiger partial charge in [0, 0.05) is 63.5 Å². The Morgan fingerprint density at radius 3 is 2.29 bits per heavy atom. The third kappa shape index (κ3) is 6.50. The Labute approximate surface area is 240 Å². The molecule has 2 N–H and O–H groups in total. The molecule has 8 heteroatoms. The summed E-state index contributed by atoms with van der Waals surface area (Å²) in [5.74, 6) is 0.871. The van der Waals surface area contributed by atoms with Crippen LogP contribution in [0.4, 0.5) is 17.2 Å². The summed E-state index contributed by atoms with van der Waals surface area (Å²) in [4.78, 5) is 31.2. The van der Waals surface area contributed by atoms with Gasteiger partial charge in [-0.15, -0.1) is 0 Å². The highest BCUT2D eigenvalue weighted by atomic mass is 16.1. The highest BCUT2D eigenvalue weighted by molar-refractivity contribution is 5.92. The molecule has 0 atom stereocenters. The second-order valence-electron chi connectivity index (χ2n) is 10.3. The maximum atomic E-state index is 12.5. The molecule has 1 saturated heterocycles. The van der Waals surface area contributed by atoms with Crippen molar-refractivity contribution in [1.82, 2.24) is 19.9 Å². The molecule has 0 radical (unpaired) electrons. The zero-order valence-electron chi connectivity index (χ0n) is 23.1. The van der Waals surface area contributed by atoms with Crippen LogP contribution in [-0.2, 0) is 17.8 Å². The molecule has 2 aromatic heterocycles. The zero-order chi connectivity index (χ0) is 28.0. The molecule has 8 nitrogen and oxygen atoms in total. The van der Waals surface area contributed by atoms with Crippen molar-refractivity contribution in [1.29, 1.82) is 0 Å². The number of anilines is 3. The van der Waals surface area contributed by atoms with E-state index in [9.17, 15) is 4.79 Å². The van der Waals surface area contributed by atoms with Crippen LogP contribution in [0.3, 0.4) is 0 Å². The monoisotopic (exact) mass is 543 g/mol. The average molecular weight is 544 g/mol. The minimum Gasteiger partial charge on any atom is -0.388 e. The molecule has 3 heterocycles. The second kappa shape index (κ2) is 12.1. The summed E-state index contributed by atoms with van der Waals surface area (Å²) in [6.45, 7) is 4.69. The average Bonchev–Trinajstić information content (AvgIpc) is 3.02. The molecule has 206 valence electrons. The largest absolute Gasteiger partial charge is 0.388 e. The first-order chi connectivity index (χ1) is 20.1. The van der Waals surface area contributed by atoms with Gasteiger partial charge in [0.25, 0.3) is 0 Å². The zero-order valence-corrected chi connectivity index (χ0v) is 23.1. The lowest BCUT2D eigenvalue weighted by Gasteiger charge is -2.35. The molecule has 1 aliphatic rings. The lowest BCUT2D eigenvalue weighted by Crippen LogP contribution is -2.46. The molecular weight excluding hydrogens is 510 g/mol. The standard InChI is InChI=1S/C33H33N7O/c1-34-28-9-4-24(5-10-28)19-33(41)37-29-11-6-26(7-12-29)27-8-13-30-31(20-27)38-32(22-36-30)40-17-15-39(16-18-40)23-25-3-2-14-35-21-25/h2-14,20-22,34H,15-19,23H2,1H3,(H,37,41). The predicted molar refractivity (Wildman–Crippen MR) is 165 cm³/mol. The van der Waals surface area contributed by atoms with Crippen LogP contribution in [0.15, 0.2) is 97.5 Å². The Morgan fingerprint density at radius 1 is 0.805 bits per heavy atom. The lowest BCUT2D eigenvalue weighted by molar-refractivity contribution is -0.115. The van der Waals surface area contributed by atoms with E-state index in [1.165, 1.54) is 5.56 Å². The van der Waals surface area contributed by atoms with Crippen LogP contribution in [0.25, 0.3) is 22.2 Å². The van der Waals surface area contributed by atoms with E-state index >= 15 is 0 Å². The summed E-state index contributed by atoms with van der Waals surface area (Å²) in [5, 5.41) is 6.09. The maximum Gasteiger partial charge on any atom is 0.228 e. The number of carbonyl (C=O) groups is 1. The fourth-order valence-electron chi connectivity index (χ4n) is 5.14. The molecule has 3 aromatic carbocycles. The van der Waals surface area contributed by atoms with Crippen LogP contribution in [0.1, 0.15) is 11.1 Å². The van der Waals surface area contributed by atoms with Gasteiger partial charge in [-0.1, -0.05) is 36.4 Å². The van der Waals surface area contributed by atoms with E-state index in [0.717, 1.165) is 77.6 Å². The van der Waals surface area contributed by atoms with Crippen LogP contribution in [0.5, 0.6) is 0 Å². The Balaban J connectivity index is 1.09. The van der Waals surface area contributed by atoms with Gasteiger partial charge in [-0.25, -0.2) is 4.98 Å². The Morgan fingerprint density at radius 2 is 1.56 bits per heavy atom. The number of benzene rings is 3. The van der Waals surface area contributed by atoms with E-state index in [-0.39, 0.29) is 5.91 Å². The third-order valence-electron chi connectivity index (χ3n) is 7.46. The number of piperazine rings is 1. The first-order valence-electron chi connectivity index (χ1n) is 13.9. The molecule has 5 aromatic rings. The molecule has 0 bridgehead atoms. The summed E-state index contributed by atoms with van der Waals surface area (Å²) >= 11 is 0. The highest BCUT2D eigenvalue weighted by Crippen LogP contribution is 2.26. The smallest absolute Gasteiger partial charge is 0.228 e. The Kier molecular flexibility index (Phi) is 7.82. The van der Waals surface area contributed by atoms with Crippen molar-refractivity contribution in [2.24, 2.45) is 0 Å². The van der Waals surface area contributed by atoms with Crippen LogP contribution in [0, 0.1) is 0 Å². The first-order valence-corrected chi connectivity index (χ1v) is 13.9. The van der Waals surface area contributed by atoms with E-state index in [1.807, 2.05) is 86.3 Å². The van der Waals surface area contributed by atoms with Gasteiger partial charge in [-0.2, -0.15) is 0 Å². The molecule has 6 rings (SSSR count). The third-order valence-corrected chi connectivity index (χ3v) is 7.46. The molecule has 0 aliphatic carbocycles. The number of hydrogen-bond donors (Lipinski definition) is 2. The molecular formula is C33H33N7O. The minimum absolute atomic E-state index is 0.0404. The molecule has 1 amide bonds. The Hall–Kier alpha value is -4.82. The molecule has 0 spiro atoms. The summed E-state index contributed by atoms with van der Waals surface area (Å²) in [6, 6.07) is 26.1.